The van der Waals surface area contributed by atoms with Crippen LogP contribution in [0.25, 0.3) is 0 Å². The minimum atomic E-state index is -1.07. The van der Waals surface area contributed by atoms with Crippen LogP contribution in [0.5, 0.6) is 0 Å². The maximum Gasteiger partial charge on any atom is 0.328 e. The number of ether oxygens (including phenoxy) is 1. The fourth-order valence-electron chi connectivity index (χ4n) is 1.65. The number of amides is 1. The summed E-state index contributed by atoms with van der Waals surface area (Å²) in [5.74, 6) is -3.64. The topological polar surface area (TPSA) is 72.5 Å². The Labute approximate surface area is 120 Å². The average Bonchev–Trinajstić information content (AvgIpc) is 2.42. The molecule has 0 radical (unpaired) electrons. The molecule has 0 spiro atoms. The lowest BCUT2D eigenvalue weighted by atomic mass is 10.1. The van der Waals surface area contributed by atoms with Crippen LogP contribution in [0.3, 0.4) is 0 Å². The van der Waals surface area contributed by atoms with Crippen LogP contribution in [-0.2, 0) is 14.3 Å². The number of esters is 1. The van der Waals surface area contributed by atoms with Gasteiger partial charge in [-0.15, -0.1) is 0 Å². The summed E-state index contributed by atoms with van der Waals surface area (Å²) in [6, 6.07) is 1.40. The zero-order chi connectivity index (χ0) is 16.0. The number of rotatable bonds is 6. The third kappa shape index (κ3) is 4.94. The van der Waals surface area contributed by atoms with E-state index in [0.29, 0.717) is 6.07 Å². The van der Waals surface area contributed by atoms with Crippen molar-refractivity contribution in [1.29, 1.82) is 0 Å². The molecule has 0 aliphatic rings. The maximum absolute atomic E-state index is 13.5. The van der Waals surface area contributed by atoms with Gasteiger partial charge in [-0.1, -0.05) is 0 Å². The highest BCUT2D eigenvalue weighted by atomic mass is 19.1. The molecule has 1 amide bonds. The largest absolute Gasteiger partial charge is 0.467 e. The van der Waals surface area contributed by atoms with Gasteiger partial charge in [-0.2, -0.15) is 0 Å². The van der Waals surface area contributed by atoms with Crippen LogP contribution in [0.1, 0.15) is 30.1 Å². The van der Waals surface area contributed by atoms with Gasteiger partial charge < -0.3 is 14.8 Å². The summed E-state index contributed by atoms with van der Waals surface area (Å²) in [6.07, 6.45) is 0.0997. The Balaban J connectivity index is 2.84. The quantitative estimate of drug-likeness (QED) is 0.810. The van der Waals surface area contributed by atoms with E-state index in [2.05, 4.69) is 10.1 Å². The predicted molar refractivity (Wildman–Crippen MR) is 69.5 cm³/mol. The zero-order valence-electron chi connectivity index (χ0n) is 11.6. The normalized spacial score (nSPS) is 11.6. The first-order valence-electron chi connectivity index (χ1n) is 6.18. The molecule has 0 saturated heterocycles. The first-order valence-corrected chi connectivity index (χ1v) is 6.18. The molecule has 0 aliphatic carbocycles. The van der Waals surface area contributed by atoms with Crippen molar-refractivity contribution in [2.45, 2.75) is 25.8 Å². The highest BCUT2D eigenvalue weighted by molar-refractivity contribution is 5.97. The van der Waals surface area contributed by atoms with Gasteiger partial charge in [-0.25, -0.2) is 13.6 Å². The Morgan fingerprint density at radius 3 is 2.48 bits per heavy atom. The van der Waals surface area contributed by atoms with Gasteiger partial charge in [0.1, 0.15) is 23.5 Å². The zero-order valence-corrected chi connectivity index (χ0v) is 11.6. The standard InChI is InChI=1S/C14H15F2NO4/c1-8(18)3-6-12(14(20)21-2)17-13(19)10-5-4-9(15)7-11(10)16/h4-5,7,12H,3,6H2,1-2H3,(H,17,19)/t12-/m1/s1. The summed E-state index contributed by atoms with van der Waals surface area (Å²) in [6.45, 7) is 1.34. The van der Waals surface area contributed by atoms with E-state index >= 15 is 0 Å². The Bertz CT molecular complexity index is 560. The number of carbonyl (C=O) groups excluding carboxylic acids is 3. The minimum absolute atomic E-state index is 0.0383. The Hall–Kier alpha value is -2.31. The van der Waals surface area contributed by atoms with Crippen molar-refractivity contribution < 1.29 is 27.9 Å². The number of ketones is 1. The second kappa shape index (κ2) is 7.47. The number of halogens is 2. The van der Waals surface area contributed by atoms with Gasteiger partial charge in [0, 0.05) is 12.5 Å². The molecule has 114 valence electrons. The van der Waals surface area contributed by atoms with E-state index in [1.54, 1.807) is 0 Å². The average molecular weight is 299 g/mol. The van der Waals surface area contributed by atoms with E-state index in [9.17, 15) is 23.2 Å². The van der Waals surface area contributed by atoms with E-state index in [0.717, 1.165) is 19.2 Å². The molecule has 0 fully saturated rings. The smallest absolute Gasteiger partial charge is 0.328 e. The van der Waals surface area contributed by atoms with Crippen LogP contribution in [0.4, 0.5) is 8.78 Å². The van der Waals surface area contributed by atoms with Gasteiger partial charge in [0.2, 0.25) is 0 Å². The number of nitrogens with one attached hydrogen (secondary N) is 1. The summed E-state index contributed by atoms with van der Waals surface area (Å²) in [5, 5.41) is 2.27. The molecule has 0 heterocycles. The van der Waals surface area contributed by atoms with E-state index < -0.39 is 35.1 Å². The van der Waals surface area contributed by atoms with Crippen LogP contribution >= 0.6 is 0 Å². The summed E-state index contributed by atoms with van der Waals surface area (Å²) in [5.41, 5.74) is -0.395. The molecule has 1 N–H and O–H groups in total. The molecule has 0 aliphatic heterocycles. The van der Waals surface area contributed by atoms with Crippen LogP contribution in [0, 0.1) is 11.6 Å². The summed E-state index contributed by atoms with van der Waals surface area (Å²) >= 11 is 0. The van der Waals surface area contributed by atoms with Crippen LogP contribution in [0.15, 0.2) is 18.2 Å². The van der Waals surface area contributed by atoms with Crippen molar-refractivity contribution >= 4 is 17.7 Å². The number of carbonyl (C=O) groups is 3. The van der Waals surface area contributed by atoms with Gasteiger partial charge in [0.25, 0.3) is 5.91 Å². The highest BCUT2D eigenvalue weighted by Crippen LogP contribution is 2.10. The highest BCUT2D eigenvalue weighted by Gasteiger charge is 2.23. The first-order chi connectivity index (χ1) is 9.85. The lowest BCUT2D eigenvalue weighted by molar-refractivity contribution is -0.143. The molecule has 0 saturated carbocycles. The maximum atomic E-state index is 13.5. The third-order valence-electron chi connectivity index (χ3n) is 2.75. The number of benzene rings is 1. The SMILES string of the molecule is COC(=O)[C@@H](CCC(C)=O)NC(=O)c1ccc(F)cc1F. The Kier molecular flexibility index (Phi) is 5.95. The third-order valence-corrected chi connectivity index (χ3v) is 2.75. The Morgan fingerprint density at radius 1 is 1.29 bits per heavy atom. The van der Waals surface area contributed by atoms with Gasteiger partial charge in [0.05, 0.1) is 12.7 Å². The van der Waals surface area contributed by atoms with Gasteiger partial charge in [-0.3, -0.25) is 4.79 Å². The van der Waals surface area contributed by atoms with Gasteiger partial charge in [0.15, 0.2) is 0 Å². The first kappa shape index (κ1) is 16.7. The fourth-order valence-corrected chi connectivity index (χ4v) is 1.65. The summed E-state index contributed by atoms with van der Waals surface area (Å²) < 4.78 is 30.8. The number of hydrogen-bond donors (Lipinski definition) is 1. The number of hydrogen-bond acceptors (Lipinski definition) is 4. The molecular formula is C14H15F2NO4. The second-order valence-corrected chi connectivity index (χ2v) is 4.41. The monoisotopic (exact) mass is 299 g/mol. The molecule has 0 bridgehead atoms. The molecule has 5 nitrogen and oxygen atoms in total. The molecule has 1 atom stereocenters. The molecule has 0 aromatic heterocycles. The second-order valence-electron chi connectivity index (χ2n) is 4.41. The van der Waals surface area contributed by atoms with E-state index in [1.807, 2.05) is 0 Å². The minimum Gasteiger partial charge on any atom is -0.467 e. The van der Waals surface area contributed by atoms with Crippen molar-refractivity contribution in [3.05, 3.63) is 35.4 Å². The molecular weight excluding hydrogens is 284 g/mol. The van der Waals surface area contributed by atoms with Crippen LogP contribution in [0.2, 0.25) is 0 Å². The fraction of sp³-hybridized carbons (Fsp3) is 0.357. The van der Waals surface area contributed by atoms with Crippen LogP contribution < -0.4 is 5.32 Å². The van der Waals surface area contributed by atoms with Gasteiger partial charge >= 0.3 is 5.97 Å². The van der Waals surface area contributed by atoms with Crippen molar-refractivity contribution in [2.75, 3.05) is 7.11 Å². The van der Waals surface area contributed by atoms with Crippen molar-refractivity contribution in [3.8, 4) is 0 Å². The van der Waals surface area contributed by atoms with Crippen molar-refractivity contribution in [1.82, 2.24) is 5.32 Å². The van der Waals surface area contributed by atoms with E-state index in [-0.39, 0.29) is 18.6 Å². The van der Waals surface area contributed by atoms with E-state index in [1.165, 1.54) is 6.92 Å². The number of methoxy groups -OCH3 is 1. The number of Topliss-reactive ketones (excluding diaryl/α,β-unsaturated/α-hetero) is 1. The van der Waals surface area contributed by atoms with Crippen LogP contribution in [-0.4, -0.2) is 30.8 Å². The molecule has 1 aromatic carbocycles. The summed E-state index contributed by atoms with van der Waals surface area (Å²) in [7, 11) is 1.13. The lowest BCUT2D eigenvalue weighted by Gasteiger charge is -2.16. The van der Waals surface area contributed by atoms with Crippen molar-refractivity contribution in [2.24, 2.45) is 0 Å². The van der Waals surface area contributed by atoms with Crippen molar-refractivity contribution in [3.63, 3.8) is 0 Å². The molecule has 0 unspecified atom stereocenters. The van der Waals surface area contributed by atoms with Gasteiger partial charge in [-0.05, 0) is 25.5 Å². The molecule has 1 aromatic rings. The molecule has 21 heavy (non-hydrogen) atoms. The van der Waals surface area contributed by atoms with E-state index in [4.69, 9.17) is 0 Å². The molecule has 7 heteroatoms. The summed E-state index contributed by atoms with van der Waals surface area (Å²) in [4.78, 5) is 34.4. The lowest BCUT2D eigenvalue weighted by Crippen LogP contribution is -2.42. The molecule has 1 rings (SSSR count). The predicted octanol–water partition coefficient (Wildman–Crippen LogP) is 1.61. The Morgan fingerprint density at radius 2 is 1.95 bits per heavy atom.